The fraction of sp³-hybridized carbons (Fsp3) is 0.571. The maximum Gasteiger partial charge on any atom is 0.410 e. The first-order chi connectivity index (χ1) is 19.8. The fourth-order valence-corrected chi connectivity index (χ4v) is 5.39. The number of ether oxygens (including phenoxy) is 2. The molecule has 13 heteroatoms. The number of halogens is 2. The molecule has 2 saturated heterocycles. The van der Waals surface area contributed by atoms with Crippen molar-refractivity contribution in [2.24, 2.45) is 0 Å². The molecule has 1 unspecified atom stereocenters. The van der Waals surface area contributed by atoms with Gasteiger partial charge in [0, 0.05) is 52.8 Å². The number of alkyl halides is 2. The van der Waals surface area contributed by atoms with Gasteiger partial charge in [-0.25, -0.2) is 9.78 Å². The summed E-state index contributed by atoms with van der Waals surface area (Å²) in [5.41, 5.74) is -0.422. The highest BCUT2D eigenvalue weighted by atomic mass is 19.3. The molecule has 1 saturated carbocycles. The van der Waals surface area contributed by atoms with Gasteiger partial charge in [-0.15, -0.1) is 6.58 Å². The zero-order chi connectivity index (χ0) is 29.0. The van der Waals surface area contributed by atoms with Crippen molar-refractivity contribution in [3.63, 3.8) is 0 Å². The highest BCUT2D eigenvalue weighted by Crippen LogP contribution is 2.37. The van der Waals surface area contributed by atoms with Gasteiger partial charge >= 0.3 is 6.09 Å². The minimum atomic E-state index is -3.44. The van der Waals surface area contributed by atoms with E-state index in [1.807, 2.05) is 4.90 Å². The highest BCUT2D eigenvalue weighted by molar-refractivity contribution is 6.03. The van der Waals surface area contributed by atoms with Gasteiger partial charge in [-0.2, -0.15) is 13.8 Å². The van der Waals surface area contributed by atoms with Crippen LogP contribution in [0.25, 0.3) is 0 Å². The van der Waals surface area contributed by atoms with Crippen LogP contribution in [0.4, 0.5) is 31.1 Å². The lowest BCUT2D eigenvalue weighted by Crippen LogP contribution is -2.49. The Morgan fingerprint density at radius 2 is 1.88 bits per heavy atom. The van der Waals surface area contributed by atoms with Crippen molar-refractivity contribution in [1.82, 2.24) is 14.9 Å². The van der Waals surface area contributed by atoms with Gasteiger partial charge in [0.05, 0.1) is 18.0 Å². The van der Waals surface area contributed by atoms with Crippen LogP contribution in [-0.2, 0) is 15.4 Å². The molecular weight excluding hydrogens is 538 g/mol. The van der Waals surface area contributed by atoms with Gasteiger partial charge < -0.3 is 33.9 Å². The summed E-state index contributed by atoms with van der Waals surface area (Å²) in [7, 11) is 1.58. The van der Waals surface area contributed by atoms with Crippen molar-refractivity contribution < 1.29 is 32.3 Å². The molecule has 2 aromatic rings. The van der Waals surface area contributed by atoms with E-state index < -0.39 is 29.7 Å². The Balaban J connectivity index is 1.22. The molecule has 222 valence electrons. The van der Waals surface area contributed by atoms with Gasteiger partial charge in [-0.1, -0.05) is 6.08 Å². The number of rotatable bonds is 9. The van der Waals surface area contributed by atoms with Crippen molar-refractivity contribution in [2.75, 3.05) is 61.5 Å². The molecule has 2 aliphatic heterocycles. The third-order valence-electron chi connectivity index (χ3n) is 7.76. The van der Waals surface area contributed by atoms with Crippen LogP contribution < -0.4 is 15.1 Å². The Morgan fingerprint density at radius 3 is 2.51 bits per heavy atom. The largest absolute Gasteiger partial charge is 0.446 e. The third kappa shape index (κ3) is 6.61. The lowest BCUT2D eigenvalue weighted by atomic mass is 10.1. The zero-order valence-electron chi connectivity index (χ0n) is 23.2. The van der Waals surface area contributed by atoms with Crippen molar-refractivity contribution in [2.45, 2.75) is 56.7 Å². The molecule has 3 fully saturated rings. The average molecular weight is 575 g/mol. The molecule has 2 aromatic heterocycles. The standard InChI is InChI=1S/C28H36F2N6O5/c1-3-11-28(29,30)24-23(41-26(33-24)36-12-10-21(18-36)39-2)25(37)32-19-8-9-22(31-17-19)34-13-15-35(16-14-34)27(38)40-20-6-4-5-7-20/h3,8-9,17,20-21H,1,4-7,10-16,18H2,2H3,(H,32,37). The number of piperazine rings is 1. The number of carbonyl (C=O) groups is 2. The van der Waals surface area contributed by atoms with E-state index >= 15 is 0 Å². The second kappa shape index (κ2) is 12.4. The monoisotopic (exact) mass is 574 g/mol. The summed E-state index contributed by atoms with van der Waals surface area (Å²) in [6, 6.07) is 3.33. The highest BCUT2D eigenvalue weighted by Gasteiger charge is 2.41. The van der Waals surface area contributed by atoms with Crippen LogP contribution in [0.15, 0.2) is 35.4 Å². The molecule has 11 nitrogen and oxygen atoms in total. The number of carbonyl (C=O) groups excluding carboxylic acids is 2. The van der Waals surface area contributed by atoms with Crippen LogP contribution in [-0.4, -0.2) is 85.5 Å². The Kier molecular flexibility index (Phi) is 8.71. The van der Waals surface area contributed by atoms with E-state index in [1.54, 1.807) is 29.0 Å². The molecule has 0 aromatic carbocycles. The number of nitrogens with one attached hydrogen (secondary N) is 1. The minimum absolute atomic E-state index is 0.0287. The molecular formula is C28H36F2N6O5. The summed E-state index contributed by atoms with van der Waals surface area (Å²) in [6.07, 6.45) is 6.29. The molecule has 1 N–H and O–H groups in total. The number of hydrogen-bond acceptors (Lipinski definition) is 9. The minimum Gasteiger partial charge on any atom is -0.446 e. The van der Waals surface area contributed by atoms with Gasteiger partial charge in [0.1, 0.15) is 11.9 Å². The van der Waals surface area contributed by atoms with Crippen LogP contribution in [0, 0.1) is 0 Å². The van der Waals surface area contributed by atoms with Gasteiger partial charge in [0.25, 0.3) is 17.8 Å². The summed E-state index contributed by atoms with van der Waals surface area (Å²) in [5.74, 6) is -4.18. The lowest BCUT2D eigenvalue weighted by molar-refractivity contribution is -0.00642. The fourth-order valence-electron chi connectivity index (χ4n) is 5.39. The van der Waals surface area contributed by atoms with Crippen LogP contribution in [0.5, 0.6) is 0 Å². The normalized spacial score (nSPS) is 20.0. The first kappa shape index (κ1) is 28.8. The van der Waals surface area contributed by atoms with Crippen molar-refractivity contribution >= 4 is 29.5 Å². The van der Waals surface area contributed by atoms with Gasteiger partial charge in [-0.05, 0) is 44.2 Å². The number of nitrogens with zero attached hydrogens (tertiary/aromatic N) is 5. The zero-order valence-corrected chi connectivity index (χ0v) is 23.2. The van der Waals surface area contributed by atoms with E-state index in [2.05, 4.69) is 21.9 Å². The molecule has 5 rings (SSSR count). The Hall–Kier alpha value is -3.74. The van der Waals surface area contributed by atoms with Crippen LogP contribution in [0.2, 0.25) is 0 Å². The second-order valence-corrected chi connectivity index (χ2v) is 10.6. The average Bonchev–Trinajstić information content (AvgIpc) is 3.75. The Labute approximate surface area is 237 Å². The van der Waals surface area contributed by atoms with Gasteiger partial charge in [-0.3, -0.25) is 4.79 Å². The predicted molar refractivity (Wildman–Crippen MR) is 148 cm³/mol. The number of oxazole rings is 1. The van der Waals surface area contributed by atoms with Crippen molar-refractivity contribution in [3.05, 3.63) is 42.4 Å². The summed E-state index contributed by atoms with van der Waals surface area (Å²) in [6.45, 7) is 6.53. The maximum absolute atomic E-state index is 14.9. The van der Waals surface area contributed by atoms with E-state index in [0.717, 1.165) is 31.8 Å². The van der Waals surface area contributed by atoms with E-state index in [4.69, 9.17) is 13.9 Å². The predicted octanol–water partition coefficient (Wildman–Crippen LogP) is 4.42. The second-order valence-electron chi connectivity index (χ2n) is 10.6. The van der Waals surface area contributed by atoms with Gasteiger partial charge in [0.2, 0.25) is 5.76 Å². The van der Waals surface area contributed by atoms with Gasteiger partial charge in [0.15, 0.2) is 5.69 Å². The quantitative estimate of drug-likeness (QED) is 0.435. The molecule has 2 amide bonds. The summed E-state index contributed by atoms with van der Waals surface area (Å²) in [4.78, 5) is 39.4. The number of methoxy groups -OCH3 is 1. The topological polar surface area (TPSA) is 113 Å². The summed E-state index contributed by atoms with van der Waals surface area (Å²) < 4.78 is 46.4. The molecule has 0 bridgehead atoms. The van der Waals surface area contributed by atoms with Crippen LogP contribution in [0.3, 0.4) is 0 Å². The molecule has 0 radical (unpaired) electrons. The van der Waals surface area contributed by atoms with E-state index in [0.29, 0.717) is 57.2 Å². The molecule has 1 atom stereocenters. The van der Waals surface area contributed by atoms with E-state index in [1.165, 1.54) is 6.20 Å². The number of hydrogen-bond donors (Lipinski definition) is 1. The van der Waals surface area contributed by atoms with E-state index in [-0.39, 0.29) is 24.3 Å². The summed E-state index contributed by atoms with van der Waals surface area (Å²) in [5, 5.41) is 2.60. The molecule has 4 heterocycles. The molecule has 1 aliphatic carbocycles. The molecule has 3 aliphatic rings. The smallest absolute Gasteiger partial charge is 0.410 e. The SMILES string of the molecule is C=CCC(F)(F)c1nc(N2CCC(OC)C2)oc1C(=O)Nc1ccc(N2CCN(C(=O)OC3CCCC3)CC2)nc1. The van der Waals surface area contributed by atoms with Crippen molar-refractivity contribution in [1.29, 1.82) is 0 Å². The summed E-state index contributed by atoms with van der Waals surface area (Å²) >= 11 is 0. The van der Waals surface area contributed by atoms with E-state index in [9.17, 15) is 18.4 Å². The van der Waals surface area contributed by atoms with Crippen LogP contribution >= 0.6 is 0 Å². The molecule has 41 heavy (non-hydrogen) atoms. The maximum atomic E-state index is 14.9. The first-order valence-electron chi connectivity index (χ1n) is 14.0. The number of anilines is 3. The van der Waals surface area contributed by atoms with Crippen molar-refractivity contribution in [3.8, 4) is 0 Å². The van der Waals surface area contributed by atoms with Crippen LogP contribution in [0.1, 0.15) is 54.8 Å². The number of allylic oxidation sites excluding steroid dienone is 1. The number of aromatic nitrogens is 2. The number of pyridine rings is 1. The molecule has 0 spiro atoms. The lowest BCUT2D eigenvalue weighted by Gasteiger charge is -2.35. The Morgan fingerprint density at radius 1 is 1.12 bits per heavy atom. The first-order valence-corrected chi connectivity index (χ1v) is 14.0. The third-order valence-corrected chi connectivity index (χ3v) is 7.76. The number of amides is 2. The Bertz CT molecular complexity index is 1230.